The van der Waals surface area contributed by atoms with Crippen LogP contribution in [0.25, 0.3) is 32.9 Å². The second kappa shape index (κ2) is 6.91. The molecule has 0 spiro atoms. The molecule has 6 heteroatoms. The van der Waals surface area contributed by atoms with Gasteiger partial charge in [0.05, 0.1) is 29.3 Å². The molecule has 0 N–H and O–H groups in total. The van der Waals surface area contributed by atoms with Gasteiger partial charge in [0.15, 0.2) is 5.78 Å². The van der Waals surface area contributed by atoms with Crippen LogP contribution in [0.5, 0.6) is 0 Å². The number of benzene rings is 2. The Hall–Kier alpha value is -3.93. The second-order valence-electron chi connectivity index (χ2n) is 7.03. The molecule has 0 saturated carbocycles. The van der Waals surface area contributed by atoms with Gasteiger partial charge in [-0.1, -0.05) is 24.3 Å². The van der Waals surface area contributed by atoms with E-state index in [1.54, 1.807) is 10.9 Å². The molecule has 0 aliphatic heterocycles. The third kappa shape index (κ3) is 3.36. The number of hydrogen-bond donors (Lipinski definition) is 0. The Balaban J connectivity index is 1.45. The number of carbonyl (C=O) groups excluding carboxylic acids is 1. The Labute approximate surface area is 166 Å². The van der Waals surface area contributed by atoms with Crippen LogP contribution >= 0.6 is 0 Å². The smallest absolute Gasteiger partial charge is 0.170 e. The van der Waals surface area contributed by atoms with Crippen molar-refractivity contribution in [3.05, 3.63) is 84.4 Å². The number of ketones is 1. The molecule has 3 aromatic heterocycles. The van der Waals surface area contributed by atoms with Gasteiger partial charge in [-0.05, 0) is 35.9 Å². The average Bonchev–Trinajstić information content (AvgIpc) is 3.19. The molecule has 0 fully saturated rings. The van der Waals surface area contributed by atoms with Gasteiger partial charge >= 0.3 is 0 Å². The van der Waals surface area contributed by atoms with Crippen molar-refractivity contribution in [1.82, 2.24) is 25.0 Å². The topological polar surface area (TPSA) is 73.6 Å². The SMILES string of the molecule is Cn1cc(-c2ccc3nnc(CC(=O)c4cnc5ccccc5c4)cc3c2)cn1. The van der Waals surface area contributed by atoms with E-state index in [0.717, 1.165) is 32.9 Å². The summed E-state index contributed by atoms with van der Waals surface area (Å²) < 4.78 is 1.77. The molecule has 0 aliphatic rings. The van der Waals surface area contributed by atoms with Gasteiger partial charge in [-0.3, -0.25) is 14.5 Å². The van der Waals surface area contributed by atoms with Gasteiger partial charge in [0.25, 0.3) is 0 Å². The van der Waals surface area contributed by atoms with Crippen molar-refractivity contribution in [1.29, 1.82) is 0 Å². The molecule has 29 heavy (non-hydrogen) atoms. The first-order chi connectivity index (χ1) is 14.2. The number of nitrogens with zero attached hydrogens (tertiary/aromatic N) is 5. The molecule has 5 aromatic rings. The molecule has 5 rings (SSSR count). The van der Waals surface area contributed by atoms with Gasteiger partial charge in [0.1, 0.15) is 0 Å². The van der Waals surface area contributed by atoms with Crippen molar-refractivity contribution in [2.24, 2.45) is 7.05 Å². The molecule has 2 aromatic carbocycles. The summed E-state index contributed by atoms with van der Waals surface area (Å²) in [5, 5.41) is 14.6. The highest BCUT2D eigenvalue weighted by atomic mass is 16.1. The zero-order chi connectivity index (χ0) is 19.8. The van der Waals surface area contributed by atoms with Crippen LogP contribution in [0, 0.1) is 0 Å². The van der Waals surface area contributed by atoms with E-state index in [2.05, 4.69) is 20.3 Å². The molecular weight excluding hydrogens is 362 g/mol. The van der Waals surface area contributed by atoms with Crippen LogP contribution in [0.3, 0.4) is 0 Å². The lowest BCUT2D eigenvalue weighted by Gasteiger charge is -2.05. The first kappa shape index (κ1) is 17.2. The molecule has 6 nitrogen and oxygen atoms in total. The number of pyridine rings is 1. The maximum Gasteiger partial charge on any atom is 0.170 e. The van der Waals surface area contributed by atoms with Crippen LogP contribution in [-0.4, -0.2) is 30.7 Å². The quantitative estimate of drug-likeness (QED) is 0.441. The molecule has 0 radical (unpaired) electrons. The van der Waals surface area contributed by atoms with Gasteiger partial charge in [0, 0.05) is 41.3 Å². The van der Waals surface area contributed by atoms with Gasteiger partial charge in [-0.2, -0.15) is 15.3 Å². The summed E-state index contributed by atoms with van der Waals surface area (Å²) in [6.45, 7) is 0. The number of aryl methyl sites for hydroxylation is 1. The number of fused-ring (bicyclic) bond motifs is 2. The summed E-state index contributed by atoms with van der Waals surface area (Å²) in [5.74, 6) is -0.0275. The highest BCUT2D eigenvalue weighted by Crippen LogP contribution is 2.23. The Morgan fingerprint density at radius 1 is 0.897 bits per heavy atom. The predicted octanol–water partition coefficient (Wildman–Crippen LogP) is 4.00. The third-order valence-corrected chi connectivity index (χ3v) is 4.93. The molecular formula is C23H17N5O. The van der Waals surface area contributed by atoms with E-state index in [4.69, 9.17) is 0 Å². The molecule has 3 heterocycles. The van der Waals surface area contributed by atoms with E-state index in [1.165, 1.54) is 0 Å². The van der Waals surface area contributed by atoms with E-state index in [-0.39, 0.29) is 12.2 Å². The highest BCUT2D eigenvalue weighted by molar-refractivity contribution is 6.00. The molecule has 140 valence electrons. The summed E-state index contributed by atoms with van der Waals surface area (Å²) in [5.41, 5.74) is 4.97. The van der Waals surface area contributed by atoms with Gasteiger partial charge < -0.3 is 0 Å². The Morgan fingerprint density at radius 2 is 1.79 bits per heavy atom. The lowest BCUT2D eigenvalue weighted by Crippen LogP contribution is -2.06. The normalized spacial score (nSPS) is 11.2. The van der Waals surface area contributed by atoms with Crippen LogP contribution in [0.1, 0.15) is 16.1 Å². The lowest BCUT2D eigenvalue weighted by atomic mass is 10.0. The summed E-state index contributed by atoms with van der Waals surface area (Å²) in [6.07, 6.45) is 5.60. The fourth-order valence-corrected chi connectivity index (χ4v) is 3.41. The minimum absolute atomic E-state index is 0.0275. The monoisotopic (exact) mass is 379 g/mol. The van der Waals surface area contributed by atoms with Crippen molar-refractivity contribution in [2.45, 2.75) is 6.42 Å². The van der Waals surface area contributed by atoms with Gasteiger partial charge in [-0.25, -0.2) is 0 Å². The molecule has 0 aliphatic carbocycles. The van der Waals surface area contributed by atoms with Crippen molar-refractivity contribution < 1.29 is 4.79 Å². The maximum absolute atomic E-state index is 12.8. The van der Waals surface area contributed by atoms with E-state index in [1.807, 2.05) is 74.0 Å². The molecule has 0 atom stereocenters. The predicted molar refractivity (Wildman–Crippen MR) is 112 cm³/mol. The Morgan fingerprint density at radius 3 is 2.66 bits per heavy atom. The fraction of sp³-hybridized carbons (Fsp3) is 0.0870. The zero-order valence-electron chi connectivity index (χ0n) is 15.8. The Kier molecular flexibility index (Phi) is 4.09. The van der Waals surface area contributed by atoms with Crippen molar-refractivity contribution in [2.75, 3.05) is 0 Å². The fourth-order valence-electron chi connectivity index (χ4n) is 3.41. The minimum Gasteiger partial charge on any atom is -0.294 e. The van der Waals surface area contributed by atoms with Crippen molar-refractivity contribution in [3.8, 4) is 11.1 Å². The Bertz CT molecular complexity index is 1370. The largest absolute Gasteiger partial charge is 0.294 e. The average molecular weight is 379 g/mol. The number of hydrogen-bond acceptors (Lipinski definition) is 5. The molecule has 0 bridgehead atoms. The number of Topliss-reactive ketones (excluding diaryl/α,β-unsaturated/α-hetero) is 1. The number of para-hydroxylation sites is 1. The maximum atomic E-state index is 12.8. The van der Waals surface area contributed by atoms with Crippen molar-refractivity contribution >= 4 is 27.6 Å². The van der Waals surface area contributed by atoms with E-state index < -0.39 is 0 Å². The molecule has 0 saturated heterocycles. The first-order valence-electron chi connectivity index (χ1n) is 9.29. The van der Waals surface area contributed by atoms with Crippen LogP contribution < -0.4 is 0 Å². The highest BCUT2D eigenvalue weighted by Gasteiger charge is 2.11. The number of rotatable bonds is 4. The van der Waals surface area contributed by atoms with Gasteiger partial charge in [0.2, 0.25) is 0 Å². The summed E-state index contributed by atoms with van der Waals surface area (Å²) in [6, 6.07) is 17.5. The van der Waals surface area contributed by atoms with Crippen LogP contribution in [-0.2, 0) is 13.5 Å². The summed E-state index contributed by atoms with van der Waals surface area (Å²) >= 11 is 0. The minimum atomic E-state index is -0.0275. The van der Waals surface area contributed by atoms with Crippen LogP contribution in [0.15, 0.2) is 73.2 Å². The number of carbonyl (C=O) groups is 1. The van der Waals surface area contributed by atoms with Gasteiger partial charge in [-0.15, -0.1) is 0 Å². The molecule has 0 amide bonds. The third-order valence-electron chi connectivity index (χ3n) is 4.93. The zero-order valence-corrected chi connectivity index (χ0v) is 15.8. The summed E-state index contributed by atoms with van der Waals surface area (Å²) in [4.78, 5) is 17.1. The van der Waals surface area contributed by atoms with Crippen LogP contribution in [0.2, 0.25) is 0 Å². The van der Waals surface area contributed by atoms with E-state index >= 15 is 0 Å². The van der Waals surface area contributed by atoms with Crippen molar-refractivity contribution in [3.63, 3.8) is 0 Å². The molecule has 0 unspecified atom stereocenters. The summed E-state index contributed by atoms with van der Waals surface area (Å²) in [7, 11) is 1.89. The van der Waals surface area contributed by atoms with E-state index in [0.29, 0.717) is 11.3 Å². The van der Waals surface area contributed by atoms with E-state index in [9.17, 15) is 4.79 Å². The first-order valence-corrected chi connectivity index (χ1v) is 9.29. The number of aromatic nitrogens is 5. The second-order valence-corrected chi connectivity index (χ2v) is 7.03. The standard InChI is InChI=1S/C23H17N5O/c1-28-14-19(13-25-28)15-6-7-22-17(8-15)10-20(26-27-22)11-23(29)18-9-16-4-2-3-5-21(16)24-12-18/h2-10,12-14H,11H2,1H3. The lowest BCUT2D eigenvalue weighted by molar-refractivity contribution is 0.0991. The van der Waals surface area contributed by atoms with Crippen LogP contribution in [0.4, 0.5) is 0 Å².